The van der Waals surface area contributed by atoms with Crippen molar-refractivity contribution in [3.05, 3.63) is 93.5 Å². The molecule has 11 heteroatoms. The van der Waals surface area contributed by atoms with Crippen molar-refractivity contribution in [2.45, 2.75) is 13.3 Å². The van der Waals surface area contributed by atoms with Gasteiger partial charge in [-0.25, -0.2) is 13.2 Å². The maximum Gasteiger partial charge on any atom is 0.573 e. The minimum atomic E-state index is -4.96. The number of ether oxygens (including phenoxy) is 1. The number of anilines is 1. The first-order valence-corrected chi connectivity index (χ1v) is 9.91. The molecule has 0 saturated heterocycles. The Labute approximate surface area is 193 Å². The zero-order valence-electron chi connectivity index (χ0n) is 17.7. The molecule has 1 amide bonds. The molecule has 4 rings (SSSR count). The molecule has 0 saturated carbocycles. The van der Waals surface area contributed by atoms with E-state index < -0.39 is 46.6 Å². The van der Waals surface area contributed by atoms with Crippen LogP contribution in [0.5, 0.6) is 5.75 Å². The molecule has 3 aromatic carbocycles. The molecule has 0 fully saturated rings. The standard InChI is InChI=1S/C24H14F6N2O3/c1-11-20(31-19-6-5-15(35-24(28,29)30)10-16(19)22(11)33)23(34)32-21-17(26)8-13(9-18(21)27)12-3-2-4-14(25)7-12/h2-10H,1H3,(H,31,33)(H,32,34). The molecule has 2 N–H and O–H groups in total. The Kier molecular flexibility index (Phi) is 6.01. The Morgan fingerprint density at radius 2 is 1.63 bits per heavy atom. The van der Waals surface area contributed by atoms with Crippen LogP contribution in [0.3, 0.4) is 0 Å². The molecule has 5 nitrogen and oxygen atoms in total. The average molecular weight is 492 g/mol. The summed E-state index contributed by atoms with van der Waals surface area (Å²) >= 11 is 0. The van der Waals surface area contributed by atoms with Crippen LogP contribution < -0.4 is 15.5 Å². The number of benzene rings is 3. The Hall–Kier alpha value is -4.28. The van der Waals surface area contributed by atoms with E-state index in [0.29, 0.717) is 0 Å². The van der Waals surface area contributed by atoms with Gasteiger partial charge < -0.3 is 15.0 Å². The van der Waals surface area contributed by atoms with Crippen LogP contribution in [-0.4, -0.2) is 17.3 Å². The fourth-order valence-corrected chi connectivity index (χ4v) is 3.49. The van der Waals surface area contributed by atoms with Crippen molar-refractivity contribution in [3.8, 4) is 16.9 Å². The zero-order chi connectivity index (χ0) is 25.5. The Bertz CT molecular complexity index is 1510. The van der Waals surface area contributed by atoms with E-state index >= 15 is 0 Å². The fraction of sp³-hybridized carbons (Fsp3) is 0.0833. The van der Waals surface area contributed by atoms with Crippen LogP contribution in [0.25, 0.3) is 22.0 Å². The van der Waals surface area contributed by atoms with E-state index in [2.05, 4.69) is 15.0 Å². The first kappa shape index (κ1) is 23.9. The Balaban J connectivity index is 1.67. The number of rotatable bonds is 4. The summed E-state index contributed by atoms with van der Waals surface area (Å²) in [6.07, 6.45) is -4.96. The number of carbonyl (C=O) groups is 1. The van der Waals surface area contributed by atoms with Gasteiger partial charge in [-0.3, -0.25) is 9.59 Å². The highest BCUT2D eigenvalue weighted by Crippen LogP contribution is 2.29. The number of carbonyl (C=O) groups excluding carboxylic acids is 1. The normalized spacial score (nSPS) is 11.5. The third-order valence-electron chi connectivity index (χ3n) is 5.11. The molecule has 1 aromatic heterocycles. The van der Waals surface area contributed by atoms with Crippen LogP contribution >= 0.6 is 0 Å². The molecule has 0 aliphatic rings. The molecule has 35 heavy (non-hydrogen) atoms. The third kappa shape index (κ3) is 4.98. The lowest BCUT2D eigenvalue weighted by atomic mass is 10.0. The largest absolute Gasteiger partial charge is 0.573 e. The molecule has 0 bridgehead atoms. The minimum Gasteiger partial charge on any atom is -0.406 e. The second kappa shape index (κ2) is 8.82. The molecule has 0 aliphatic carbocycles. The van der Waals surface area contributed by atoms with Gasteiger partial charge in [-0.05, 0) is 60.5 Å². The topological polar surface area (TPSA) is 71.2 Å². The summed E-state index contributed by atoms with van der Waals surface area (Å²) < 4.78 is 83.9. The number of hydrogen-bond donors (Lipinski definition) is 2. The van der Waals surface area contributed by atoms with Gasteiger partial charge in [0.05, 0.1) is 5.52 Å². The van der Waals surface area contributed by atoms with Gasteiger partial charge in [-0.1, -0.05) is 12.1 Å². The van der Waals surface area contributed by atoms with E-state index in [-0.39, 0.29) is 33.3 Å². The van der Waals surface area contributed by atoms with Gasteiger partial charge in [-0.2, -0.15) is 0 Å². The second-order valence-electron chi connectivity index (χ2n) is 7.49. The van der Waals surface area contributed by atoms with Crippen molar-refractivity contribution >= 4 is 22.5 Å². The molecule has 180 valence electrons. The summed E-state index contributed by atoms with van der Waals surface area (Å²) in [5.74, 6) is -4.59. The van der Waals surface area contributed by atoms with Gasteiger partial charge in [0.25, 0.3) is 5.91 Å². The van der Waals surface area contributed by atoms with Crippen molar-refractivity contribution in [2.75, 3.05) is 5.32 Å². The second-order valence-corrected chi connectivity index (χ2v) is 7.49. The van der Waals surface area contributed by atoms with Crippen LogP contribution in [-0.2, 0) is 0 Å². The van der Waals surface area contributed by atoms with Crippen LogP contribution in [0.4, 0.5) is 32.0 Å². The summed E-state index contributed by atoms with van der Waals surface area (Å²) in [5.41, 5.74) is -1.88. The molecule has 4 aromatic rings. The number of nitrogens with one attached hydrogen (secondary N) is 2. The minimum absolute atomic E-state index is 0.00247. The van der Waals surface area contributed by atoms with E-state index in [1.807, 2.05) is 0 Å². The summed E-state index contributed by atoms with van der Waals surface area (Å²) in [6.45, 7) is 1.23. The summed E-state index contributed by atoms with van der Waals surface area (Å²) in [4.78, 5) is 28.0. The highest BCUT2D eigenvalue weighted by molar-refractivity contribution is 6.05. The Morgan fingerprint density at radius 1 is 0.943 bits per heavy atom. The van der Waals surface area contributed by atoms with Crippen LogP contribution in [0.2, 0.25) is 0 Å². The lowest BCUT2D eigenvalue weighted by molar-refractivity contribution is -0.274. The van der Waals surface area contributed by atoms with Gasteiger partial charge in [0.15, 0.2) is 5.43 Å². The quantitative estimate of drug-likeness (QED) is 0.340. The predicted molar refractivity (Wildman–Crippen MR) is 116 cm³/mol. The summed E-state index contributed by atoms with van der Waals surface area (Å²) in [7, 11) is 0. The van der Waals surface area contributed by atoms with E-state index in [0.717, 1.165) is 36.4 Å². The lowest BCUT2D eigenvalue weighted by Gasteiger charge is -2.13. The molecule has 0 atom stereocenters. The number of aromatic nitrogens is 1. The van der Waals surface area contributed by atoms with E-state index in [1.165, 1.54) is 25.1 Å². The number of halogens is 6. The zero-order valence-corrected chi connectivity index (χ0v) is 17.7. The highest BCUT2D eigenvalue weighted by Gasteiger charge is 2.31. The van der Waals surface area contributed by atoms with Gasteiger partial charge in [0, 0.05) is 10.9 Å². The van der Waals surface area contributed by atoms with Crippen LogP contribution in [0.1, 0.15) is 16.1 Å². The summed E-state index contributed by atoms with van der Waals surface area (Å²) in [5, 5.41) is 1.87. The van der Waals surface area contributed by atoms with Crippen molar-refractivity contribution in [3.63, 3.8) is 0 Å². The maximum absolute atomic E-state index is 14.7. The highest BCUT2D eigenvalue weighted by atomic mass is 19.4. The van der Waals surface area contributed by atoms with Gasteiger partial charge in [0.1, 0.15) is 34.6 Å². The smallest absolute Gasteiger partial charge is 0.406 e. The molecule has 0 radical (unpaired) electrons. The molecular formula is C24H14F6N2O3. The van der Waals surface area contributed by atoms with E-state index in [9.17, 15) is 35.9 Å². The van der Waals surface area contributed by atoms with E-state index in [4.69, 9.17) is 0 Å². The predicted octanol–water partition coefficient (Wildman–Crippen LogP) is 6.07. The summed E-state index contributed by atoms with van der Waals surface area (Å²) in [6, 6.07) is 9.79. The molecule has 0 aliphatic heterocycles. The number of amides is 1. The van der Waals surface area contributed by atoms with Crippen LogP contribution in [0, 0.1) is 24.4 Å². The van der Waals surface area contributed by atoms with Gasteiger partial charge >= 0.3 is 6.36 Å². The number of pyridine rings is 1. The SMILES string of the molecule is Cc1c(C(=O)Nc2c(F)cc(-c3cccc(F)c3)cc2F)[nH]c2ccc(OC(F)(F)F)cc2c1=O. The third-order valence-corrected chi connectivity index (χ3v) is 5.11. The first-order valence-electron chi connectivity index (χ1n) is 9.91. The Morgan fingerprint density at radius 3 is 2.26 bits per heavy atom. The average Bonchev–Trinajstić information content (AvgIpc) is 2.77. The number of fused-ring (bicyclic) bond motifs is 1. The number of hydrogen-bond acceptors (Lipinski definition) is 3. The maximum atomic E-state index is 14.7. The number of aromatic amines is 1. The lowest BCUT2D eigenvalue weighted by Crippen LogP contribution is -2.22. The molecule has 0 spiro atoms. The van der Waals surface area contributed by atoms with Crippen molar-refractivity contribution < 1.29 is 35.9 Å². The fourth-order valence-electron chi connectivity index (χ4n) is 3.49. The van der Waals surface area contributed by atoms with Gasteiger partial charge in [0.2, 0.25) is 0 Å². The molecule has 1 heterocycles. The molecule has 0 unspecified atom stereocenters. The number of alkyl halides is 3. The van der Waals surface area contributed by atoms with Gasteiger partial charge in [-0.15, -0.1) is 13.2 Å². The number of H-pyrrole nitrogens is 1. The van der Waals surface area contributed by atoms with E-state index in [1.54, 1.807) is 0 Å². The first-order chi connectivity index (χ1) is 16.4. The van der Waals surface area contributed by atoms with Crippen molar-refractivity contribution in [1.29, 1.82) is 0 Å². The van der Waals surface area contributed by atoms with Crippen molar-refractivity contribution in [2.24, 2.45) is 0 Å². The van der Waals surface area contributed by atoms with Crippen molar-refractivity contribution in [1.82, 2.24) is 4.98 Å². The van der Waals surface area contributed by atoms with Crippen LogP contribution in [0.15, 0.2) is 59.4 Å². The molecular weight excluding hydrogens is 478 g/mol. The monoisotopic (exact) mass is 492 g/mol.